The number of nitrogens with one attached hydrogen (secondary N) is 1. The quantitative estimate of drug-likeness (QED) is 0.523. The van der Waals surface area contributed by atoms with Gasteiger partial charge in [-0.2, -0.15) is 23.2 Å². The average molecular weight is 489 g/mol. The molecule has 1 N–H and O–H groups in total. The van der Waals surface area contributed by atoms with Crippen molar-refractivity contribution in [3.63, 3.8) is 0 Å². The van der Waals surface area contributed by atoms with Gasteiger partial charge in [-0.3, -0.25) is 4.98 Å². The summed E-state index contributed by atoms with van der Waals surface area (Å²) in [6.07, 6.45) is -0.0789. The summed E-state index contributed by atoms with van der Waals surface area (Å²) >= 11 is 0. The van der Waals surface area contributed by atoms with E-state index in [2.05, 4.69) is 15.6 Å². The molecule has 2 aliphatic carbocycles. The predicted octanol–water partition coefficient (Wildman–Crippen LogP) is 5.37. The Morgan fingerprint density at radius 3 is 2.44 bits per heavy atom. The second kappa shape index (κ2) is 7.82. The Bertz CT molecular complexity index is 1410. The van der Waals surface area contributed by atoms with E-state index >= 15 is 0 Å². The van der Waals surface area contributed by atoms with Gasteiger partial charge in [0.05, 0.1) is 22.5 Å². The van der Waals surface area contributed by atoms with Crippen molar-refractivity contribution in [3.8, 4) is 17.5 Å². The van der Waals surface area contributed by atoms with E-state index in [1.54, 1.807) is 0 Å². The maximum absolute atomic E-state index is 13.3. The minimum absolute atomic E-state index is 0.190. The Balaban J connectivity index is 1.59. The van der Waals surface area contributed by atoms with Crippen molar-refractivity contribution in [2.75, 3.05) is 0 Å². The van der Waals surface area contributed by atoms with Crippen molar-refractivity contribution < 1.29 is 21.6 Å². The van der Waals surface area contributed by atoms with Crippen LogP contribution in [0.25, 0.3) is 22.3 Å². The third-order valence-corrected chi connectivity index (χ3v) is 8.39. The van der Waals surface area contributed by atoms with Crippen LogP contribution >= 0.6 is 0 Å². The zero-order chi connectivity index (χ0) is 24.3. The van der Waals surface area contributed by atoms with Gasteiger partial charge in [-0.15, -0.1) is 0 Å². The summed E-state index contributed by atoms with van der Waals surface area (Å²) in [5.41, 5.74) is 1.02. The molecule has 1 aromatic carbocycles. The summed E-state index contributed by atoms with van der Waals surface area (Å²) in [6, 6.07) is 11.1. The van der Waals surface area contributed by atoms with Gasteiger partial charge in [0.1, 0.15) is 16.5 Å². The first-order valence-electron chi connectivity index (χ1n) is 11.2. The van der Waals surface area contributed by atoms with Crippen molar-refractivity contribution in [1.82, 2.24) is 14.3 Å². The number of hydrogen-bond acceptors (Lipinski definition) is 4. The third-order valence-electron chi connectivity index (χ3n) is 6.87. The molecule has 10 heteroatoms. The van der Waals surface area contributed by atoms with Crippen LogP contribution in [-0.2, 0) is 10.0 Å². The first kappa shape index (κ1) is 22.9. The van der Waals surface area contributed by atoms with Crippen LogP contribution < -0.4 is 4.72 Å². The minimum Gasteiger partial charge on any atom is -0.335 e. The van der Waals surface area contributed by atoms with Gasteiger partial charge in [0.15, 0.2) is 0 Å². The molecule has 2 aliphatic rings. The molecule has 2 heterocycles. The maximum Gasteiger partial charge on any atom is 0.407 e. The zero-order valence-corrected chi connectivity index (χ0v) is 19.3. The molecule has 178 valence electrons. The van der Waals surface area contributed by atoms with Crippen LogP contribution in [0.15, 0.2) is 41.4 Å². The Kier molecular flexibility index (Phi) is 5.26. The monoisotopic (exact) mass is 488 g/mol. The lowest BCUT2D eigenvalue weighted by atomic mass is 10.1. The largest absolute Gasteiger partial charge is 0.407 e. The SMILES string of the molecule is Cc1ccc2c(c1)c(C#N)c(-c1ccc(S(=O)(=O)NC3(C(F)(F)F)CC3)cn1)n2C1CCCC1. The van der Waals surface area contributed by atoms with Crippen molar-refractivity contribution in [2.45, 2.75) is 68.1 Å². The molecule has 2 fully saturated rings. The fourth-order valence-electron chi connectivity index (χ4n) is 4.90. The van der Waals surface area contributed by atoms with E-state index in [0.717, 1.165) is 48.3 Å². The Morgan fingerprint density at radius 2 is 1.88 bits per heavy atom. The Morgan fingerprint density at radius 1 is 1.18 bits per heavy atom. The Hall–Kier alpha value is -2.90. The van der Waals surface area contributed by atoms with Gasteiger partial charge in [0, 0.05) is 17.6 Å². The molecule has 0 spiro atoms. The molecule has 0 aliphatic heterocycles. The van der Waals surface area contributed by atoms with Gasteiger partial charge in [0.2, 0.25) is 10.0 Å². The Labute approximate surface area is 195 Å². The summed E-state index contributed by atoms with van der Waals surface area (Å²) in [4.78, 5) is 3.97. The van der Waals surface area contributed by atoms with E-state index < -0.39 is 21.7 Å². The molecular formula is C24H23F3N4O2S. The van der Waals surface area contributed by atoms with Gasteiger partial charge in [-0.05, 0) is 56.9 Å². The van der Waals surface area contributed by atoms with Crippen molar-refractivity contribution >= 4 is 20.9 Å². The molecule has 2 saturated carbocycles. The normalized spacial score (nSPS) is 18.3. The van der Waals surface area contributed by atoms with E-state index in [0.29, 0.717) is 17.0 Å². The lowest BCUT2D eigenvalue weighted by molar-refractivity contribution is -0.160. The van der Waals surface area contributed by atoms with E-state index in [4.69, 9.17) is 0 Å². The molecule has 0 unspecified atom stereocenters. The van der Waals surface area contributed by atoms with Crippen LogP contribution in [-0.4, -0.2) is 29.7 Å². The van der Waals surface area contributed by atoms with Gasteiger partial charge in [-0.1, -0.05) is 24.5 Å². The molecule has 0 radical (unpaired) electrons. The first-order chi connectivity index (χ1) is 16.1. The summed E-state index contributed by atoms with van der Waals surface area (Å²) in [6.45, 7) is 1.95. The number of pyridine rings is 1. The number of halogens is 3. The summed E-state index contributed by atoms with van der Waals surface area (Å²) in [7, 11) is -4.41. The van der Waals surface area contributed by atoms with Gasteiger partial charge in [-0.25, -0.2) is 8.42 Å². The van der Waals surface area contributed by atoms with Crippen molar-refractivity contribution in [2.24, 2.45) is 0 Å². The topological polar surface area (TPSA) is 87.8 Å². The van der Waals surface area contributed by atoms with Crippen LogP contribution in [0.4, 0.5) is 13.2 Å². The molecule has 2 aromatic heterocycles. The average Bonchev–Trinajstić information content (AvgIpc) is 3.25. The molecule has 0 bridgehead atoms. The van der Waals surface area contributed by atoms with Crippen LogP contribution in [0.2, 0.25) is 0 Å². The van der Waals surface area contributed by atoms with E-state index in [1.165, 1.54) is 12.1 Å². The molecule has 6 nitrogen and oxygen atoms in total. The molecular weight excluding hydrogens is 465 g/mol. The molecule has 0 saturated heterocycles. The highest BCUT2D eigenvalue weighted by molar-refractivity contribution is 7.89. The highest BCUT2D eigenvalue weighted by Gasteiger charge is 2.65. The number of alkyl halides is 3. The van der Waals surface area contributed by atoms with Crippen molar-refractivity contribution in [1.29, 1.82) is 5.26 Å². The molecule has 3 aromatic rings. The number of hydrogen-bond donors (Lipinski definition) is 1. The first-order valence-corrected chi connectivity index (χ1v) is 12.7. The highest BCUT2D eigenvalue weighted by Crippen LogP contribution is 2.49. The number of benzene rings is 1. The number of sulfonamides is 1. The van der Waals surface area contributed by atoms with Gasteiger partial charge < -0.3 is 4.57 Å². The lowest BCUT2D eigenvalue weighted by Crippen LogP contribution is -2.47. The molecule has 5 rings (SSSR count). The van der Waals surface area contributed by atoms with Gasteiger partial charge in [0.25, 0.3) is 0 Å². The number of aromatic nitrogens is 2. The van der Waals surface area contributed by atoms with E-state index in [-0.39, 0.29) is 23.8 Å². The molecule has 0 atom stereocenters. The number of fused-ring (bicyclic) bond motifs is 1. The lowest BCUT2D eigenvalue weighted by Gasteiger charge is -2.20. The maximum atomic E-state index is 13.3. The fourth-order valence-corrected chi connectivity index (χ4v) is 6.29. The third kappa shape index (κ3) is 3.67. The van der Waals surface area contributed by atoms with Crippen LogP contribution in [0, 0.1) is 18.3 Å². The van der Waals surface area contributed by atoms with Crippen LogP contribution in [0.5, 0.6) is 0 Å². The van der Waals surface area contributed by atoms with Gasteiger partial charge >= 0.3 is 6.18 Å². The van der Waals surface area contributed by atoms with Crippen LogP contribution in [0.1, 0.15) is 55.7 Å². The fraction of sp³-hybridized carbons (Fsp3) is 0.417. The second-order valence-corrected chi connectivity index (χ2v) is 10.9. The smallest absolute Gasteiger partial charge is 0.335 e. The summed E-state index contributed by atoms with van der Waals surface area (Å²) in [5.74, 6) is 0. The number of rotatable bonds is 5. The number of aryl methyl sites for hydroxylation is 1. The highest BCUT2D eigenvalue weighted by atomic mass is 32.2. The van der Waals surface area contributed by atoms with E-state index in [1.807, 2.05) is 29.8 Å². The van der Waals surface area contributed by atoms with Crippen LogP contribution in [0.3, 0.4) is 0 Å². The zero-order valence-electron chi connectivity index (χ0n) is 18.5. The number of nitriles is 1. The molecule has 34 heavy (non-hydrogen) atoms. The minimum atomic E-state index is -4.66. The second-order valence-electron chi connectivity index (χ2n) is 9.23. The predicted molar refractivity (Wildman–Crippen MR) is 120 cm³/mol. The standard InChI is InChI=1S/C24H23F3N4O2S/c1-15-6-9-21-18(12-15)19(13-28)22(31(21)16-4-2-3-5-16)20-8-7-17(14-29-20)34(32,33)30-23(10-11-23)24(25,26)27/h6-9,12,14,16,30H,2-5,10-11H2,1H3. The molecule has 0 amide bonds. The summed E-state index contributed by atoms with van der Waals surface area (Å²) < 4.78 is 69.0. The van der Waals surface area contributed by atoms with Crippen molar-refractivity contribution in [3.05, 3.63) is 47.7 Å². The summed E-state index contributed by atoms with van der Waals surface area (Å²) in [5, 5.41) is 10.8. The van der Waals surface area contributed by atoms with E-state index in [9.17, 15) is 26.9 Å². The number of nitrogens with zero attached hydrogens (tertiary/aromatic N) is 3.